The van der Waals surface area contributed by atoms with Crippen molar-refractivity contribution in [3.05, 3.63) is 33.5 Å². The van der Waals surface area contributed by atoms with Crippen LogP contribution in [0.3, 0.4) is 0 Å². The second-order valence-corrected chi connectivity index (χ2v) is 6.89. The molecule has 0 radical (unpaired) electrons. The van der Waals surface area contributed by atoms with E-state index in [1.165, 1.54) is 10.4 Å². The first-order chi connectivity index (χ1) is 7.68. The topological polar surface area (TPSA) is 38.9 Å². The van der Waals surface area contributed by atoms with Crippen molar-refractivity contribution in [2.45, 2.75) is 29.5 Å². The van der Waals surface area contributed by atoms with Gasteiger partial charge in [0, 0.05) is 22.5 Å². The molecular weight excluding hydrogens is 256 g/mol. The Morgan fingerprint density at radius 3 is 2.69 bits per heavy atom. The highest BCUT2D eigenvalue weighted by Crippen LogP contribution is 2.41. The molecule has 16 heavy (non-hydrogen) atoms. The summed E-state index contributed by atoms with van der Waals surface area (Å²) < 4.78 is 1.09. The summed E-state index contributed by atoms with van der Waals surface area (Å²) in [5.41, 5.74) is 7.41. The standard InChI is InChI=1S/C11H14N2S3/c1-7-3-5-14-9(7)10(8(2)12)16-11-13-4-6-15-11/h3-6,8,10H,12H2,1-2H3. The van der Waals surface area contributed by atoms with Crippen LogP contribution in [0.15, 0.2) is 27.4 Å². The third-order valence-electron chi connectivity index (χ3n) is 2.28. The monoisotopic (exact) mass is 270 g/mol. The van der Waals surface area contributed by atoms with Gasteiger partial charge in [0.2, 0.25) is 0 Å². The first-order valence-corrected chi connectivity index (χ1v) is 7.68. The van der Waals surface area contributed by atoms with Crippen molar-refractivity contribution in [3.63, 3.8) is 0 Å². The second kappa shape index (κ2) is 5.31. The number of thiazole rings is 1. The Hall–Kier alpha value is -0.360. The molecule has 0 aliphatic rings. The molecule has 2 N–H and O–H groups in total. The van der Waals surface area contributed by atoms with Gasteiger partial charge < -0.3 is 5.73 Å². The smallest absolute Gasteiger partial charge is 0.150 e. The Bertz CT molecular complexity index is 434. The van der Waals surface area contributed by atoms with Crippen LogP contribution in [-0.4, -0.2) is 11.0 Å². The minimum absolute atomic E-state index is 0.131. The van der Waals surface area contributed by atoms with Crippen LogP contribution in [0.25, 0.3) is 0 Å². The molecular formula is C11H14N2S3. The quantitative estimate of drug-likeness (QED) is 0.861. The fraction of sp³-hybridized carbons (Fsp3) is 0.364. The number of hydrogen-bond acceptors (Lipinski definition) is 5. The van der Waals surface area contributed by atoms with E-state index < -0.39 is 0 Å². The van der Waals surface area contributed by atoms with Crippen molar-refractivity contribution in [2.24, 2.45) is 5.73 Å². The van der Waals surface area contributed by atoms with Gasteiger partial charge >= 0.3 is 0 Å². The first kappa shape index (κ1) is 12.1. The summed E-state index contributed by atoms with van der Waals surface area (Å²) in [6, 6.07) is 2.28. The molecule has 2 rings (SSSR count). The van der Waals surface area contributed by atoms with Crippen molar-refractivity contribution in [2.75, 3.05) is 0 Å². The van der Waals surface area contributed by atoms with E-state index in [2.05, 4.69) is 30.3 Å². The average Bonchev–Trinajstić information content (AvgIpc) is 2.85. The molecule has 86 valence electrons. The number of nitrogens with two attached hydrogens (primary N) is 1. The maximum Gasteiger partial charge on any atom is 0.150 e. The Balaban J connectivity index is 2.21. The molecule has 0 saturated heterocycles. The summed E-state index contributed by atoms with van der Waals surface area (Å²) in [6.07, 6.45) is 1.84. The van der Waals surface area contributed by atoms with Gasteiger partial charge in [0.15, 0.2) is 0 Å². The fourth-order valence-corrected chi connectivity index (χ4v) is 4.69. The number of rotatable bonds is 4. The highest BCUT2D eigenvalue weighted by atomic mass is 32.2. The zero-order valence-corrected chi connectivity index (χ0v) is 11.7. The molecule has 2 aromatic rings. The van der Waals surface area contributed by atoms with Gasteiger partial charge in [0.05, 0.1) is 5.25 Å². The molecule has 0 aliphatic heterocycles. The van der Waals surface area contributed by atoms with E-state index in [0.717, 1.165) is 4.34 Å². The molecule has 2 heterocycles. The predicted molar refractivity (Wildman–Crippen MR) is 73.4 cm³/mol. The Morgan fingerprint density at radius 1 is 1.38 bits per heavy atom. The lowest BCUT2D eigenvalue weighted by molar-refractivity contribution is 0.727. The molecule has 0 aliphatic carbocycles. The van der Waals surface area contributed by atoms with Crippen LogP contribution in [0.1, 0.15) is 22.6 Å². The van der Waals surface area contributed by atoms with Gasteiger partial charge in [-0.3, -0.25) is 0 Å². The lowest BCUT2D eigenvalue weighted by Crippen LogP contribution is -2.22. The van der Waals surface area contributed by atoms with Crippen LogP contribution in [0.5, 0.6) is 0 Å². The van der Waals surface area contributed by atoms with Crippen LogP contribution < -0.4 is 5.73 Å². The summed E-state index contributed by atoms with van der Waals surface area (Å²) >= 11 is 5.22. The normalized spacial score (nSPS) is 14.9. The van der Waals surface area contributed by atoms with E-state index in [-0.39, 0.29) is 6.04 Å². The summed E-state index contributed by atoms with van der Waals surface area (Å²) in [4.78, 5) is 5.68. The van der Waals surface area contributed by atoms with Gasteiger partial charge in [0.25, 0.3) is 0 Å². The summed E-state index contributed by atoms with van der Waals surface area (Å²) in [7, 11) is 0. The molecule has 5 heteroatoms. The lowest BCUT2D eigenvalue weighted by Gasteiger charge is -2.18. The van der Waals surface area contributed by atoms with Crippen molar-refractivity contribution in [1.82, 2.24) is 4.98 Å². The van der Waals surface area contributed by atoms with E-state index in [1.54, 1.807) is 34.4 Å². The Labute approximate surface area is 108 Å². The molecule has 0 spiro atoms. The SMILES string of the molecule is Cc1ccsc1C(Sc1nccs1)C(C)N. The highest BCUT2D eigenvalue weighted by molar-refractivity contribution is 8.01. The van der Waals surface area contributed by atoms with E-state index in [4.69, 9.17) is 5.73 Å². The third-order valence-corrected chi connectivity index (χ3v) is 5.89. The highest BCUT2D eigenvalue weighted by Gasteiger charge is 2.21. The van der Waals surface area contributed by atoms with Crippen LogP contribution >= 0.6 is 34.4 Å². The van der Waals surface area contributed by atoms with Gasteiger partial charge in [-0.15, -0.1) is 22.7 Å². The summed E-state index contributed by atoms with van der Waals surface area (Å²) in [5, 5.41) is 4.44. The van der Waals surface area contributed by atoms with Crippen molar-refractivity contribution in [1.29, 1.82) is 0 Å². The number of thiophene rings is 1. The number of aromatic nitrogens is 1. The van der Waals surface area contributed by atoms with Crippen molar-refractivity contribution in [3.8, 4) is 0 Å². The van der Waals surface area contributed by atoms with Crippen LogP contribution in [0, 0.1) is 6.92 Å². The van der Waals surface area contributed by atoms with Gasteiger partial charge in [-0.1, -0.05) is 11.8 Å². The molecule has 2 atom stereocenters. The molecule has 0 amide bonds. The average molecular weight is 270 g/mol. The Kier molecular flexibility index (Phi) is 4.02. The van der Waals surface area contributed by atoms with Crippen LogP contribution in [0.4, 0.5) is 0 Å². The molecule has 0 saturated carbocycles. The van der Waals surface area contributed by atoms with E-state index >= 15 is 0 Å². The maximum atomic E-state index is 6.08. The van der Waals surface area contributed by atoms with Gasteiger partial charge in [-0.2, -0.15) is 0 Å². The molecule has 2 unspecified atom stereocenters. The minimum Gasteiger partial charge on any atom is -0.327 e. The maximum absolute atomic E-state index is 6.08. The van der Waals surface area contributed by atoms with E-state index in [1.807, 2.05) is 11.6 Å². The number of nitrogens with zero attached hydrogens (tertiary/aromatic N) is 1. The van der Waals surface area contributed by atoms with Gasteiger partial charge in [-0.25, -0.2) is 4.98 Å². The number of aryl methyl sites for hydroxylation is 1. The fourth-order valence-electron chi connectivity index (χ4n) is 1.45. The summed E-state index contributed by atoms with van der Waals surface area (Å²) in [6.45, 7) is 4.20. The largest absolute Gasteiger partial charge is 0.327 e. The second-order valence-electron chi connectivity index (χ2n) is 3.66. The van der Waals surface area contributed by atoms with E-state index in [9.17, 15) is 0 Å². The number of thioether (sulfide) groups is 1. The molecule has 0 bridgehead atoms. The molecule has 2 aromatic heterocycles. The lowest BCUT2D eigenvalue weighted by atomic mass is 10.1. The molecule has 0 fully saturated rings. The Morgan fingerprint density at radius 2 is 2.19 bits per heavy atom. The third kappa shape index (κ3) is 2.66. The van der Waals surface area contributed by atoms with Crippen LogP contribution in [-0.2, 0) is 0 Å². The number of hydrogen-bond donors (Lipinski definition) is 1. The van der Waals surface area contributed by atoms with Crippen molar-refractivity contribution >= 4 is 34.4 Å². The molecule has 0 aromatic carbocycles. The first-order valence-electron chi connectivity index (χ1n) is 5.04. The zero-order valence-electron chi connectivity index (χ0n) is 9.21. The minimum atomic E-state index is 0.131. The van der Waals surface area contributed by atoms with Gasteiger partial charge in [0.1, 0.15) is 4.34 Å². The van der Waals surface area contributed by atoms with Gasteiger partial charge in [-0.05, 0) is 30.9 Å². The predicted octanol–water partition coefficient (Wildman–Crippen LogP) is 3.69. The molecule has 2 nitrogen and oxygen atoms in total. The zero-order chi connectivity index (χ0) is 11.5. The van der Waals surface area contributed by atoms with E-state index in [0.29, 0.717) is 5.25 Å². The van der Waals surface area contributed by atoms with Crippen LogP contribution in [0.2, 0.25) is 0 Å². The van der Waals surface area contributed by atoms with Crippen molar-refractivity contribution < 1.29 is 0 Å². The summed E-state index contributed by atoms with van der Waals surface area (Å²) in [5.74, 6) is 0.